The summed E-state index contributed by atoms with van der Waals surface area (Å²) in [5, 5.41) is 12.8. The quantitative estimate of drug-likeness (QED) is 0.629. The van der Waals surface area contributed by atoms with E-state index in [1.54, 1.807) is 0 Å². The molecule has 23 heavy (non-hydrogen) atoms. The molecule has 0 bridgehead atoms. The molecule has 1 N–H and O–H groups in total. The molecule has 2 aromatic carbocycles. The standard InChI is InChI=1S/C18H17N5/c1-3-12-7-6-8-13(11-12)17-21-22-18-20-16(19-2)14-9-4-5-10-15(14)23(17)18/h4-11H,3H2,1-2H3,(H,19,20,22). The number of anilines is 1. The van der Waals surface area contributed by atoms with E-state index in [4.69, 9.17) is 0 Å². The van der Waals surface area contributed by atoms with Gasteiger partial charge in [-0.25, -0.2) is 0 Å². The lowest BCUT2D eigenvalue weighted by atomic mass is 10.1. The molecule has 0 saturated carbocycles. The fourth-order valence-electron chi connectivity index (χ4n) is 2.91. The third-order valence-electron chi connectivity index (χ3n) is 4.09. The van der Waals surface area contributed by atoms with Gasteiger partial charge in [-0.15, -0.1) is 10.2 Å². The lowest BCUT2D eigenvalue weighted by molar-refractivity contribution is 1.10. The van der Waals surface area contributed by atoms with E-state index in [9.17, 15) is 0 Å². The Balaban J connectivity index is 2.07. The first-order chi connectivity index (χ1) is 11.3. The molecule has 2 aromatic heterocycles. The maximum atomic E-state index is 4.59. The second-order valence-corrected chi connectivity index (χ2v) is 5.44. The molecule has 0 radical (unpaired) electrons. The Morgan fingerprint density at radius 3 is 2.74 bits per heavy atom. The fraction of sp³-hybridized carbons (Fsp3) is 0.167. The Hall–Kier alpha value is -2.95. The van der Waals surface area contributed by atoms with Crippen molar-refractivity contribution in [3.8, 4) is 11.4 Å². The predicted octanol–water partition coefficient (Wildman–Crippen LogP) is 3.55. The van der Waals surface area contributed by atoms with Crippen molar-refractivity contribution in [3.63, 3.8) is 0 Å². The van der Waals surface area contributed by atoms with Gasteiger partial charge in [0.1, 0.15) is 5.82 Å². The molecule has 0 atom stereocenters. The third-order valence-corrected chi connectivity index (χ3v) is 4.09. The van der Waals surface area contributed by atoms with E-state index in [0.29, 0.717) is 5.78 Å². The number of aryl methyl sites for hydroxylation is 1. The van der Waals surface area contributed by atoms with Gasteiger partial charge in [-0.05, 0) is 30.2 Å². The number of nitrogens with one attached hydrogen (secondary N) is 1. The van der Waals surface area contributed by atoms with Gasteiger partial charge in [-0.1, -0.05) is 37.3 Å². The smallest absolute Gasteiger partial charge is 0.257 e. The number of hydrogen-bond acceptors (Lipinski definition) is 4. The van der Waals surface area contributed by atoms with Gasteiger partial charge in [0.15, 0.2) is 5.82 Å². The minimum absolute atomic E-state index is 0.602. The van der Waals surface area contributed by atoms with E-state index in [1.807, 2.05) is 23.6 Å². The topological polar surface area (TPSA) is 55.1 Å². The minimum Gasteiger partial charge on any atom is -0.372 e. The Kier molecular flexibility index (Phi) is 3.19. The molecule has 2 heterocycles. The highest BCUT2D eigenvalue weighted by molar-refractivity contribution is 5.92. The maximum absolute atomic E-state index is 4.59. The second-order valence-electron chi connectivity index (χ2n) is 5.44. The third kappa shape index (κ3) is 2.12. The Morgan fingerprint density at radius 2 is 1.91 bits per heavy atom. The summed E-state index contributed by atoms with van der Waals surface area (Å²) >= 11 is 0. The van der Waals surface area contributed by atoms with Crippen LogP contribution in [0, 0.1) is 0 Å². The van der Waals surface area contributed by atoms with Crippen molar-refractivity contribution in [2.45, 2.75) is 13.3 Å². The van der Waals surface area contributed by atoms with Crippen molar-refractivity contribution in [3.05, 3.63) is 54.1 Å². The SMILES string of the molecule is CCc1cccc(-c2nnc3nc(NC)c4ccccc4n23)c1. The molecule has 0 fully saturated rings. The molecule has 114 valence electrons. The molecule has 5 nitrogen and oxygen atoms in total. The molecule has 0 amide bonds. The molecular formula is C18H17N5. The van der Waals surface area contributed by atoms with E-state index < -0.39 is 0 Å². The Bertz CT molecular complexity index is 1000. The van der Waals surface area contributed by atoms with E-state index >= 15 is 0 Å². The van der Waals surface area contributed by atoms with E-state index in [1.165, 1.54) is 5.56 Å². The van der Waals surface area contributed by atoms with Crippen LogP contribution < -0.4 is 5.32 Å². The lowest BCUT2D eigenvalue weighted by Gasteiger charge is -2.09. The van der Waals surface area contributed by atoms with Gasteiger partial charge in [0.25, 0.3) is 5.78 Å². The zero-order valence-corrected chi connectivity index (χ0v) is 13.1. The molecule has 0 saturated heterocycles. The largest absolute Gasteiger partial charge is 0.372 e. The lowest BCUT2D eigenvalue weighted by Crippen LogP contribution is -2.00. The first-order valence-corrected chi connectivity index (χ1v) is 7.72. The summed E-state index contributed by atoms with van der Waals surface area (Å²) in [4.78, 5) is 4.59. The first kappa shape index (κ1) is 13.7. The minimum atomic E-state index is 0.602. The van der Waals surface area contributed by atoms with Crippen LogP contribution in [-0.2, 0) is 6.42 Å². The van der Waals surface area contributed by atoms with Crippen molar-refractivity contribution in [1.29, 1.82) is 0 Å². The van der Waals surface area contributed by atoms with Gasteiger partial charge in [0.05, 0.1) is 5.52 Å². The number of benzene rings is 2. The average Bonchev–Trinajstić information content (AvgIpc) is 3.05. The predicted molar refractivity (Wildman–Crippen MR) is 92.6 cm³/mol. The number of nitrogens with zero attached hydrogens (tertiary/aromatic N) is 4. The molecule has 0 spiro atoms. The zero-order valence-electron chi connectivity index (χ0n) is 13.1. The second kappa shape index (κ2) is 5.35. The zero-order chi connectivity index (χ0) is 15.8. The van der Waals surface area contributed by atoms with Crippen LogP contribution >= 0.6 is 0 Å². The Morgan fingerprint density at radius 1 is 1.04 bits per heavy atom. The van der Waals surface area contributed by atoms with Crippen LogP contribution in [0.1, 0.15) is 12.5 Å². The number of rotatable bonds is 3. The van der Waals surface area contributed by atoms with Crippen molar-refractivity contribution in [1.82, 2.24) is 19.6 Å². The summed E-state index contributed by atoms with van der Waals surface area (Å²) in [6.07, 6.45) is 0.994. The summed E-state index contributed by atoms with van der Waals surface area (Å²) in [6.45, 7) is 2.15. The average molecular weight is 303 g/mol. The number of aromatic nitrogens is 4. The van der Waals surface area contributed by atoms with Crippen molar-refractivity contribution in [2.75, 3.05) is 12.4 Å². The van der Waals surface area contributed by atoms with Gasteiger partial charge in [0, 0.05) is 18.0 Å². The molecule has 0 aliphatic rings. The van der Waals surface area contributed by atoms with Gasteiger partial charge >= 0.3 is 0 Å². The van der Waals surface area contributed by atoms with E-state index in [-0.39, 0.29) is 0 Å². The van der Waals surface area contributed by atoms with Crippen LogP contribution in [-0.4, -0.2) is 26.6 Å². The van der Waals surface area contributed by atoms with Gasteiger partial charge in [0.2, 0.25) is 0 Å². The number of para-hydroxylation sites is 1. The van der Waals surface area contributed by atoms with Crippen LogP contribution in [0.4, 0.5) is 5.82 Å². The van der Waals surface area contributed by atoms with Crippen LogP contribution in [0.25, 0.3) is 28.1 Å². The van der Waals surface area contributed by atoms with Crippen LogP contribution in [0.15, 0.2) is 48.5 Å². The molecule has 0 aliphatic carbocycles. The normalized spacial score (nSPS) is 11.2. The summed E-state index contributed by atoms with van der Waals surface area (Å²) in [5.41, 5.74) is 3.38. The molecule has 5 heteroatoms. The van der Waals surface area contributed by atoms with Crippen molar-refractivity contribution in [2.24, 2.45) is 0 Å². The molecule has 0 unspecified atom stereocenters. The monoisotopic (exact) mass is 303 g/mol. The van der Waals surface area contributed by atoms with Crippen LogP contribution in [0.2, 0.25) is 0 Å². The highest BCUT2D eigenvalue weighted by Crippen LogP contribution is 2.27. The highest BCUT2D eigenvalue weighted by atomic mass is 15.3. The van der Waals surface area contributed by atoms with Gasteiger partial charge < -0.3 is 5.32 Å². The van der Waals surface area contributed by atoms with Crippen LogP contribution in [0.3, 0.4) is 0 Å². The van der Waals surface area contributed by atoms with Crippen molar-refractivity contribution >= 4 is 22.5 Å². The Labute approximate surface area is 134 Å². The number of fused-ring (bicyclic) bond motifs is 3. The van der Waals surface area contributed by atoms with Crippen LogP contribution in [0.5, 0.6) is 0 Å². The maximum Gasteiger partial charge on any atom is 0.257 e. The summed E-state index contributed by atoms with van der Waals surface area (Å²) < 4.78 is 2.02. The fourth-order valence-corrected chi connectivity index (χ4v) is 2.91. The first-order valence-electron chi connectivity index (χ1n) is 7.72. The van der Waals surface area contributed by atoms with Crippen molar-refractivity contribution < 1.29 is 0 Å². The van der Waals surface area contributed by atoms with Gasteiger partial charge in [-0.2, -0.15) is 4.98 Å². The molecular weight excluding hydrogens is 286 g/mol. The molecule has 0 aliphatic heterocycles. The number of hydrogen-bond donors (Lipinski definition) is 1. The summed E-state index contributed by atoms with van der Waals surface area (Å²) in [7, 11) is 1.87. The van der Waals surface area contributed by atoms with E-state index in [2.05, 4.69) is 63.8 Å². The summed E-state index contributed by atoms with van der Waals surface area (Å²) in [5.74, 6) is 2.24. The summed E-state index contributed by atoms with van der Waals surface area (Å²) in [6, 6.07) is 16.6. The van der Waals surface area contributed by atoms with Gasteiger partial charge in [-0.3, -0.25) is 4.40 Å². The molecule has 4 aromatic rings. The molecule has 4 rings (SSSR count). The van der Waals surface area contributed by atoms with E-state index in [0.717, 1.165) is 34.5 Å². The highest BCUT2D eigenvalue weighted by Gasteiger charge is 2.14.